The molecule has 3 amide bonds. The molecule has 0 bridgehead atoms. The van der Waals surface area contributed by atoms with Crippen molar-refractivity contribution >= 4 is 35.2 Å². The summed E-state index contributed by atoms with van der Waals surface area (Å²) in [7, 11) is 0. The minimum absolute atomic E-state index is 0.0668. The molecule has 0 N–H and O–H groups in total. The summed E-state index contributed by atoms with van der Waals surface area (Å²) < 4.78 is 0. The van der Waals surface area contributed by atoms with E-state index in [2.05, 4.69) is 9.88 Å². The number of imide groups is 1. The van der Waals surface area contributed by atoms with Crippen molar-refractivity contribution in [2.75, 3.05) is 42.6 Å². The number of fused-ring (bicyclic) bond motifs is 1. The fourth-order valence-corrected chi connectivity index (χ4v) is 5.74. The van der Waals surface area contributed by atoms with Gasteiger partial charge < -0.3 is 9.80 Å². The van der Waals surface area contributed by atoms with Gasteiger partial charge in [-0.25, -0.2) is 0 Å². The van der Waals surface area contributed by atoms with Gasteiger partial charge in [-0.05, 0) is 42.7 Å². The molecule has 0 saturated carbocycles. The Bertz CT molecular complexity index is 1040. The summed E-state index contributed by atoms with van der Waals surface area (Å²) in [5.41, 5.74) is 2.54. The number of hydrogen-bond donors (Lipinski definition) is 0. The molecule has 8 heteroatoms. The topological polar surface area (TPSA) is 73.8 Å². The van der Waals surface area contributed by atoms with E-state index >= 15 is 0 Å². The fourth-order valence-electron chi connectivity index (χ4n) is 4.83. The first-order valence-electron chi connectivity index (χ1n) is 11.1. The second-order valence-corrected chi connectivity index (χ2v) is 9.70. The summed E-state index contributed by atoms with van der Waals surface area (Å²) in [6.45, 7) is 3.23. The molecular weight excluding hydrogens is 424 g/mol. The van der Waals surface area contributed by atoms with Gasteiger partial charge in [-0.2, -0.15) is 11.8 Å². The molecule has 3 aliphatic rings. The van der Waals surface area contributed by atoms with E-state index in [1.165, 1.54) is 4.90 Å². The van der Waals surface area contributed by atoms with E-state index in [1.54, 1.807) is 18.5 Å². The first-order chi connectivity index (χ1) is 15.6. The van der Waals surface area contributed by atoms with Crippen LogP contribution in [0.3, 0.4) is 0 Å². The summed E-state index contributed by atoms with van der Waals surface area (Å²) in [4.78, 5) is 48.9. The predicted octanol–water partition coefficient (Wildman–Crippen LogP) is 2.67. The number of nitrogens with zero attached hydrogens (tertiary/aromatic N) is 4. The van der Waals surface area contributed by atoms with Crippen LogP contribution >= 0.6 is 11.8 Å². The van der Waals surface area contributed by atoms with E-state index in [1.807, 2.05) is 40.9 Å². The summed E-state index contributed by atoms with van der Waals surface area (Å²) in [5, 5.41) is 0. The Morgan fingerprint density at radius 3 is 2.59 bits per heavy atom. The summed E-state index contributed by atoms with van der Waals surface area (Å²) in [6.07, 6.45) is 5.08. The maximum atomic E-state index is 13.3. The van der Waals surface area contributed by atoms with E-state index in [9.17, 15) is 14.4 Å². The summed E-state index contributed by atoms with van der Waals surface area (Å²) >= 11 is 1.89. The van der Waals surface area contributed by atoms with Gasteiger partial charge in [-0.1, -0.05) is 6.07 Å². The van der Waals surface area contributed by atoms with Crippen LogP contribution in [-0.4, -0.2) is 70.2 Å². The summed E-state index contributed by atoms with van der Waals surface area (Å²) in [6, 6.07) is 9.09. The maximum Gasteiger partial charge on any atom is 0.263 e. The normalized spacial score (nSPS) is 21.1. The SMILES string of the molecule is O=C(C1CCCN(c2cccc3c2C(=O)N(Cc2ccncc2)C3=O)C1)N1CCSCC1. The highest BCUT2D eigenvalue weighted by Crippen LogP contribution is 2.35. The quantitative estimate of drug-likeness (QED) is 0.667. The molecule has 0 spiro atoms. The molecule has 2 aromatic rings. The van der Waals surface area contributed by atoms with Crippen molar-refractivity contribution in [3.63, 3.8) is 0 Å². The van der Waals surface area contributed by atoms with Crippen LogP contribution in [0.1, 0.15) is 39.1 Å². The average molecular weight is 451 g/mol. The van der Waals surface area contributed by atoms with Gasteiger partial charge in [0.1, 0.15) is 0 Å². The zero-order valence-corrected chi connectivity index (χ0v) is 18.7. The standard InChI is InChI=1S/C24H26N4O3S/c29-22(26-11-13-32-14-12-26)18-3-2-10-27(16-18)20-5-1-4-19-21(20)24(31)28(23(19)30)15-17-6-8-25-9-7-17/h1,4-9,18H,2-3,10-16H2. The minimum Gasteiger partial charge on any atom is -0.370 e. The molecule has 2 saturated heterocycles. The molecule has 166 valence electrons. The number of piperidine rings is 1. The molecule has 2 fully saturated rings. The zero-order valence-electron chi connectivity index (χ0n) is 17.9. The first kappa shape index (κ1) is 21.0. The number of pyridine rings is 1. The first-order valence-corrected chi connectivity index (χ1v) is 12.3. The number of benzene rings is 1. The van der Waals surface area contributed by atoms with Gasteiger partial charge in [-0.3, -0.25) is 24.3 Å². The van der Waals surface area contributed by atoms with Crippen molar-refractivity contribution in [2.45, 2.75) is 19.4 Å². The van der Waals surface area contributed by atoms with Gasteiger partial charge in [0.25, 0.3) is 11.8 Å². The summed E-state index contributed by atoms with van der Waals surface area (Å²) in [5.74, 6) is 1.63. The Kier molecular flexibility index (Phi) is 5.87. The molecular formula is C24H26N4O3S. The number of carbonyl (C=O) groups is 3. The van der Waals surface area contributed by atoms with Crippen molar-refractivity contribution < 1.29 is 14.4 Å². The molecule has 1 aromatic heterocycles. The second kappa shape index (κ2) is 8.94. The van der Waals surface area contributed by atoms with Crippen LogP contribution in [0.4, 0.5) is 5.69 Å². The van der Waals surface area contributed by atoms with Crippen LogP contribution in [0.2, 0.25) is 0 Å². The van der Waals surface area contributed by atoms with E-state index in [-0.39, 0.29) is 30.2 Å². The Morgan fingerprint density at radius 2 is 1.81 bits per heavy atom. The number of amides is 3. The van der Waals surface area contributed by atoms with Crippen molar-refractivity contribution in [3.8, 4) is 0 Å². The zero-order chi connectivity index (χ0) is 22.1. The van der Waals surface area contributed by atoms with Gasteiger partial charge in [-0.15, -0.1) is 0 Å². The van der Waals surface area contributed by atoms with Crippen LogP contribution in [0.25, 0.3) is 0 Å². The van der Waals surface area contributed by atoms with Gasteiger partial charge in [0.2, 0.25) is 5.91 Å². The largest absolute Gasteiger partial charge is 0.370 e. The van der Waals surface area contributed by atoms with Crippen molar-refractivity contribution in [1.82, 2.24) is 14.8 Å². The smallest absolute Gasteiger partial charge is 0.263 e. The molecule has 7 nitrogen and oxygen atoms in total. The van der Waals surface area contributed by atoms with Gasteiger partial charge in [0.05, 0.1) is 29.3 Å². The number of thioether (sulfide) groups is 1. The number of carbonyl (C=O) groups excluding carboxylic acids is 3. The van der Waals surface area contributed by atoms with Crippen molar-refractivity contribution in [2.24, 2.45) is 5.92 Å². The highest BCUT2D eigenvalue weighted by atomic mass is 32.2. The third-order valence-electron chi connectivity index (χ3n) is 6.50. The Hall–Kier alpha value is -2.87. The number of aromatic nitrogens is 1. The Labute approximate surface area is 191 Å². The third kappa shape index (κ3) is 3.88. The molecule has 1 atom stereocenters. The monoisotopic (exact) mass is 450 g/mol. The van der Waals surface area contributed by atoms with Crippen molar-refractivity contribution in [3.05, 3.63) is 59.4 Å². The van der Waals surface area contributed by atoms with Gasteiger partial charge in [0.15, 0.2) is 0 Å². The van der Waals surface area contributed by atoms with Crippen LogP contribution in [0.15, 0.2) is 42.7 Å². The van der Waals surface area contributed by atoms with E-state index < -0.39 is 0 Å². The lowest BCUT2D eigenvalue weighted by Crippen LogP contribution is -2.47. The minimum atomic E-state index is -0.265. The highest BCUT2D eigenvalue weighted by molar-refractivity contribution is 7.99. The predicted molar refractivity (Wildman–Crippen MR) is 124 cm³/mol. The van der Waals surface area contributed by atoms with Crippen LogP contribution in [-0.2, 0) is 11.3 Å². The lowest BCUT2D eigenvalue weighted by atomic mass is 9.94. The Balaban J connectivity index is 1.38. The van der Waals surface area contributed by atoms with E-state index in [4.69, 9.17) is 0 Å². The second-order valence-electron chi connectivity index (χ2n) is 8.47. The van der Waals surface area contributed by atoms with E-state index in [0.717, 1.165) is 55.2 Å². The van der Waals surface area contributed by atoms with E-state index in [0.29, 0.717) is 17.7 Å². The third-order valence-corrected chi connectivity index (χ3v) is 7.44. The molecule has 4 heterocycles. The van der Waals surface area contributed by atoms with Crippen LogP contribution in [0, 0.1) is 5.92 Å². The number of rotatable bonds is 4. The fraction of sp³-hybridized carbons (Fsp3) is 0.417. The van der Waals surface area contributed by atoms with Crippen LogP contribution < -0.4 is 4.90 Å². The maximum absolute atomic E-state index is 13.3. The molecule has 1 unspecified atom stereocenters. The van der Waals surface area contributed by atoms with Crippen LogP contribution in [0.5, 0.6) is 0 Å². The lowest BCUT2D eigenvalue weighted by molar-refractivity contribution is -0.135. The van der Waals surface area contributed by atoms with Gasteiger partial charge in [0, 0.05) is 50.1 Å². The number of hydrogen-bond acceptors (Lipinski definition) is 6. The molecule has 0 radical (unpaired) electrons. The average Bonchev–Trinajstić information content (AvgIpc) is 3.10. The molecule has 32 heavy (non-hydrogen) atoms. The highest BCUT2D eigenvalue weighted by Gasteiger charge is 2.39. The molecule has 1 aromatic carbocycles. The lowest BCUT2D eigenvalue weighted by Gasteiger charge is -2.37. The molecule has 5 rings (SSSR count). The molecule has 0 aliphatic carbocycles. The molecule has 3 aliphatic heterocycles. The van der Waals surface area contributed by atoms with Crippen molar-refractivity contribution in [1.29, 1.82) is 0 Å². The number of anilines is 1. The Morgan fingerprint density at radius 1 is 1.03 bits per heavy atom. The van der Waals surface area contributed by atoms with Gasteiger partial charge >= 0.3 is 0 Å².